The van der Waals surface area contributed by atoms with Crippen LogP contribution in [-0.2, 0) is 11.8 Å². The molecule has 1 rings (SSSR count). The first kappa shape index (κ1) is 11.2. The summed E-state index contributed by atoms with van der Waals surface area (Å²) in [5.74, 6) is -0.872. The molecule has 0 bridgehead atoms. The van der Waals surface area contributed by atoms with Gasteiger partial charge in [-0.2, -0.15) is 0 Å². The Morgan fingerprint density at radius 2 is 1.50 bits per heavy atom. The van der Waals surface area contributed by atoms with Crippen LogP contribution in [0, 0.1) is 11.6 Å². The second kappa shape index (κ2) is 3.68. The van der Waals surface area contributed by atoms with E-state index in [4.69, 9.17) is 0 Å². The van der Waals surface area contributed by atoms with Gasteiger partial charge in [0, 0.05) is 5.56 Å². The Morgan fingerprint density at radius 1 is 1.07 bits per heavy atom. The van der Waals surface area contributed by atoms with Gasteiger partial charge in [-0.3, -0.25) is 0 Å². The average Bonchev–Trinajstić information content (AvgIpc) is 1.99. The van der Waals surface area contributed by atoms with Crippen molar-refractivity contribution in [3.8, 4) is 0 Å². The van der Waals surface area contributed by atoms with Gasteiger partial charge < -0.3 is 0 Å². The molecule has 78 valence electrons. The molecule has 0 atom stereocenters. The Kier molecular flexibility index (Phi) is 2.93. The Hall–Kier alpha value is -0.920. The topological polar surface area (TPSA) is 0 Å². The Bertz CT molecular complexity index is 312. The average molecular weight is 198 g/mol. The highest BCUT2D eigenvalue weighted by molar-refractivity contribution is 5.31. The van der Waals surface area contributed by atoms with Crippen molar-refractivity contribution >= 4 is 0 Å². The van der Waals surface area contributed by atoms with Crippen molar-refractivity contribution in [1.82, 2.24) is 0 Å². The van der Waals surface area contributed by atoms with Gasteiger partial charge in [0.1, 0.15) is 11.6 Å². The molecule has 0 heterocycles. The molecule has 0 fully saturated rings. The molecular weight excluding hydrogens is 182 g/mol. The molecule has 1 aromatic rings. The highest BCUT2D eigenvalue weighted by Crippen LogP contribution is 2.28. The van der Waals surface area contributed by atoms with Crippen molar-refractivity contribution in [2.24, 2.45) is 0 Å². The SMILES string of the molecule is CCc1cc(F)c(C(C)(C)C)c(F)c1. The number of aryl methyl sites for hydroxylation is 1. The van der Waals surface area contributed by atoms with E-state index in [1.165, 1.54) is 12.1 Å². The fourth-order valence-corrected chi connectivity index (χ4v) is 1.55. The molecule has 0 amide bonds. The van der Waals surface area contributed by atoms with Crippen LogP contribution < -0.4 is 0 Å². The lowest BCUT2D eigenvalue weighted by Crippen LogP contribution is -2.16. The molecule has 0 N–H and O–H groups in total. The minimum Gasteiger partial charge on any atom is -0.207 e. The smallest absolute Gasteiger partial charge is 0.130 e. The summed E-state index contributed by atoms with van der Waals surface area (Å²) in [6.45, 7) is 7.30. The summed E-state index contributed by atoms with van der Waals surface area (Å²) in [6.07, 6.45) is 0.651. The van der Waals surface area contributed by atoms with Crippen molar-refractivity contribution in [3.63, 3.8) is 0 Å². The number of halogens is 2. The molecule has 0 saturated carbocycles. The third kappa shape index (κ3) is 2.11. The monoisotopic (exact) mass is 198 g/mol. The van der Waals surface area contributed by atoms with E-state index in [0.717, 1.165) is 0 Å². The molecule has 0 aromatic heterocycles. The number of rotatable bonds is 1. The standard InChI is InChI=1S/C12H16F2/c1-5-8-6-9(13)11(10(14)7-8)12(2,3)4/h6-7H,5H2,1-4H3. The summed E-state index contributed by atoms with van der Waals surface area (Å²) in [4.78, 5) is 0. The van der Waals surface area contributed by atoms with Gasteiger partial charge in [0.05, 0.1) is 0 Å². The molecule has 2 heteroatoms. The van der Waals surface area contributed by atoms with Crippen LogP contribution in [0.1, 0.15) is 38.8 Å². The molecular formula is C12H16F2. The van der Waals surface area contributed by atoms with E-state index >= 15 is 0 Å². The molecule has 0 unspecified atom stereocenters. The summed E-state index contributed by atoms with van der Waals surface area (Å²) in [7, 11) is 0. The normalized spacial score (nSPS) is 11.9. The van der Waals surface area contributed by atoms with Crippen molar-refractivity contribution in [3.05, 3.63) is 34.9 Å². The molecule has 14 heavy (non-hydrogen) atoms. The van der Waals surface area contributed by atoms with E-state index in [1.54, 1.807) is 20.8 Å². The molecule has 0 nitrogen and oxygen atoms in total. The Labute approximate surface area is 84.0 Å². The Morgan fingerprint density at radius 3 is 1.79 bits per heavy atom. The zero-order valence-electron chi connectivity index (χ0n) is 9.12. The predicted molar refractivity (Wildman–Crippen MR) is 54.4 cm³/mol. The molecule has 0 spiro atoms. The molecule has 0 aliphatic carbocycles. The lowest BCUT2D eigenvalue weighted by molar-refractivity contribution is 0.474. The van der Waals surface area contributed by atoms with Crippen LogP contribution in [-0.4, -0.2) is 0 Å². The van der Waals surface area contributed by atoms with E-state index in [9.17, 15) is 8.78 Å². The van der Waals surface area contributed by atoms with Crippen molar-refractivity contribution < 1.29 is 8.78 Å². The van der Waals surface area contributed by atoms with Crippen molar-refractivity contribution in [1.29, 1.82) is 0 Å². The fraction of sp³-hybridized carbons (Fsp3) is 0.500. The maximum absolute atomic E-state index is 13.6. The number of hydrogen-bond acceptors (Lipinski definition) is 0. The van der Waals surface area contributed by atoms with Crippen LogP contribution in [0.25, 0.3) is 0 Å². The van der Waals surface area contributed by atoms with Crippen LogP contribution in [0.4, 0.5) is 8.78 Å². The summed E-state index contributed by atoms with van der Waals surface area (Å²) >= 11 is 0. The van der Waals surface area contributed by atoms with Gasteiger partial charge in [-0.25, -0.2) is 8.78 Å². The third-order valence-electron chi connectivity index (χ3n) is 2.26. The van der Waals surface area contributed by atoms with Gasteiger partial charge in [0.2, 0.25) is 0 Å². The summed E-state index contributed by atoms with van der Waals surface area (Å²) < 4.78 is 27.1. The van der Waals surface area contributed by atoms with Crippen molar-refractivity contribution in [2.45, 2.75) is 39.5 Å². The van der Waals surface area contributed by atoms with Crippen molar-refractivity contribution in [2.75, 3.05) is 0 Å². The maximum Gasteiger partial charge on any atom is 0.130 e. The highest BCUT2D eigenvalue weighted by atomic mass is 19.1. The summed E-state index contributed by atoms with van der Waals surface area (Å²) in [5.41, 5.74) is 0.392. The van der Waals surface area contributed by atoms with Crippen LogP contribution in [0.2, 0.25) is 0 Å². The zero-order chi connectivity index (χ0) is 10.9. The minimum absolute atomic E-state index is 0.176. The van der Waals surface area contributed by atoms with E-state index in [0.29, 0.717) is 12.0 Å². The summed E-state index contributed by atoms with van der Waals surface area (Å²) in [6, 6.07) is 2.84. The van der Waals surface area contributed by atoms with Gasteiger partial charge in [-0.05, 0) is 29.5 Å². The zero-order valence-corrected chi connectivity index (χ0v) is 9.12. The third-order valence-corrected chi connectivity index (χ3v) is 2.26. The molecule has 1 aromatic carbocycles. The van der Waals surface area contributed by atoms with Gasteiger partial charge in [-0.15, -0.1) is 0 Å². The first-order valence-electron chi connectivity index (χ1n) is 4.84. The molecule has 0 aliphatic rings. The van der Waals surface area contributed by atoms with Crippen LogP contribution in [0.3, 0.4) is 0 Å². The predicted octanol–water partition coefficient (Wildman–Crippen LogP) is 3.82. The van der Waals surface area contributed by atoms with Crippen LogP contribution >= 0.6 is 0 Å². The lowest BCUT2D eigenvalue weighted by Gasteiger charge is -2.21. The quantitative estimate of drug-likeness (QED) is 0.643. The van der Waals surface area contributed by atoms with Crippen LogP contribution in [0.5, 0.6) is 0 Å². The molecule has 0 saturated heterocycles. The van der Waals surface area contributed by atoms with E-state index < -0.39 is 17.0 Å². The van der Waals surface area contributed by atoms with Gasteiger partial charge in [0.15, 0.2) is 0 Å². The van der Waals surface area contributed by atoms with E-state index in [1.807, 2.05) is 6.92 Å². The van der Waals surface area contributed by atoms with Gasteiger partial charge >= 0.3 is 0 Å². The van der Waals surface area contributed by atoms with E-state index in [2.05, 4.69) is 0 Å². The van der Waals surface area contributed by atoms with Gasteiger partial charge in [-0.1, -0.05) is 27.7 Å². The Balaban J connectivity index is 3.33. The number of hydrogen-bond donors (Lipinski definition) is 0. The molecule has 0 aliphatic heterocycles. The maximum atomic E-state index is 13.6. The molecule has 0 radical (unpaired) electrons. The van der Waals surface area contributed by atoms with E-state index in [-0.39, 0.29) is 5.56 Å². The second-order valence-corrected chi connectivity index (χ2v) is 4.54. The first-order valence-corrected chi connectivity index (χ1v) is 4.84. The largest absolute Gasteiger partial charge is 0.207 e. The minimum atomic E-state index is -0.486. The highest BCUT2D eigenvalue weighted by Gasteiger charge is 2.23. The number of benzene rings is 1. The first-order chi connectivity index (χ1) is 6.36. The second-order valence-electron chi connectivity index (χ2n) is 4.54. The fourth-order valence-electron chi connectivity index (χ4n) is 1.55. The summed E-state index contributed by atoms with van der Waals surface area (Å²) in [5, 5.41) is 0. The lowest BCUT2D eigenvalue weighted by atomic mass is 9.85. The van der Waals surface area contributed by atoms with Gasteiger partial charge in [0.25, 0.3) is 0 Å². The van der Waals surface area contributed by atoms with Crippen LogP contribution in [0.15, 0.2) is 12.1 Å².